The zero-order valence-corrected chi connectivity index (χ0v) is 10.6. The summed E-state index contributed by atoms with van der Waals surface area (Å²) in [5.74, 6) is 6.08. The molecule has 4 aliphatic carbocycles. The lowest BCUT2D eigenvalue weighted by Gasteiger charge is -2.96. The maximum Gasteiger partial charge on any atom is 0.225 e. The number of hydrogen-bond acceptors (Lipinski definition) is 1. The van der Waals surface area contributed by atoms with Crippen LogP contribution < -0.4 is 0 Å². The molecule has 0 aromatic rings. The summed E-state index contributed by atoms with van der Waals surface area (Å²) in [6, 6.07) is 0. The van der Waals surface area contributed by atoms with Gasteiger partial charge in [-0.1, -0.05) is 13.8 Å². The van der Waals surface area contributed by atoms with Gasteiger partial charge in [-0.2, -0.15) is 0 Å². The molecule has 7 unspecified atom stereocenters. The third-order valence-electron chi connectivity index (χ3n) is 6.82. The Hall–Kier alpha value is -0.530. The standard InChI is InChI=1S/C14H21NO/c1-5-14-10-6(2)11(14)9-7(8(10)12(9)14)13(16)15(3)4/h6-12H,5H2,1-4H3/t6?,7?,8?,9?,10-,11?,12?,14?/m0/s1. The van der Waals surface area contributed by atoms with Gasteiger partial charge in [0, 0.05) is 20.0 Å². The van der Waals surface area contributed by atoms with Crippen LogP contribution >= 0.6 is 0 Å². The highest BCUT2D eigenvalue weighted by Crippen LogP contribution is 2.95. The summed E-state index contributed by atoms with van der Waals surface area (Å²) in [7, 11) is 3.82. The largest absolute Gasteiger partial charge is 0.349 e. The number of carbonyl (C=O) groups is 1. The van der Waals surface area contributed by atoms with Crippen molar-refractivity contribution in [2.75, 3.05) is 14.1 Å². The van der Waals surface area contributed by atoms with E-state index in [1.807, 2.05) is 19.0 Å². The smallest absolute Gasteiger partial charge is 0.225 e. The summed E-state index contributed by atoms with van der Waals surface area (Å²) in [5.41, 5.74) is 0.734. The molecule has 16 heavy (non-hydrogen) atoms. The van der Waals surface area contributed by atoms with Gasteiger partial charge in [0.2, 0.25) is 5.91 Å². The quantitative estimate of drug-likeness (QED) is 0.694. The van der Waals surface area contributed by atoms with Gasteiger partial charge in [-0.15, -0.1) is 0 Å². The molecule has 0 heterocycles. The monoisotopic (exact) mass is 219 g/mol. The van der Waals surface area contributed by atoms with Crippen LogP contribution in [0.25, 0.3) is 0 Å². The number of hydrogen-bond donors (Lipinski definition) is 0. The molecule has 2 nitrogen and oxygen atoms in total. The fourth-order valence-electron chi connectivity index (χ4n) is 6.69. The van der Waals surface area contributed by atoms with Crippen molar-refractivity contribution in [3.63, 3.8) is 0 Å². The molecule has 0 radical (unpaired) electrons. The zero-order chi connectivity index (χ0) is 11.4. The maximum absolute atomic E-state index is 12.1. The predicted molar refractivity (Wildman–Crippen MR) is 61.5 cm³/mol. The minimum Gasteiger partial charge on any atom is -0.349 e. The van der Waals surface area contributed by atoms with E-state index in [1.165, 1.54) is 6.42 Å². The topological polar surface area (TPSA) is 20.3 Å². The van der Waals surface area contributed by atoms with Crippen molar-refractivity contribution in [2.24, 2.45) is 46.8 Å². The highest BCUT2D eigenvalue weighted by molar-refractivity contribution is 5.82. The SMILES string of the molecule is CCC12C3C4C(C(=O)N(C)C)C(C41)[C@@H]2C3C. The number of rotatable bonds is 2. The first kappa shape index (κ1) is 9.49. The van der Waals surface area contributed by atoms with Crippen LogP contribution in [0.1, 0.15) is 20.3 Å². The Morgan fingerprint density at radius 1 is 1.19 bits per heavy atom. The molecule has 0 aliphatic heterocycles. The van der Waals surface area contributed by atoms with Crippen molar-refractivity contribution >= 4 is 5.91 Å². The molecule has 0 spiro atoms. The van der Waals surface area contributed by atoms with E-state index < -0.39 is 0 Å². The van der Waals surface area contributed by atoms with Gasteiger partial charge in [-0.3, -0.25) is 4.79 Å². The van der Waals surface area contributed by atoms with Crippen molar-refractivity contribution < 1.29 is 4.79 Å². The molecular weight excluding hydrogens is 198 g/mol. The molecule has 1 amide bonds. The molecule has 0 bridgehead atoms. The molecule has 2 heteroatoms. The summed E-state index contributed by atoms with van der Waals surface area (Å²) >= 11 is 0. The second-order valence-corrected chi connectivity index (χ2v) is 6.82. The van der Waals surface area contributed by atoms with Crippen molar-refractivity contribution in [3.05, 3.63) is 0 Å². The maximum atomic E-state index is 12.1. The fourth-order valence-corrected chi connectivity index (χ4v) is 6.69. The van der Waals surface area contributed by atoms with Crippen LogP contribution in [-0.4, -0.2) is 24.9 Å². The Labute approximate surface area is 97.4 Å². The van der Waals surface area contributed by atoms with E-state index in [4.69, 9.17) is 0 Å². The molecule has 0 saturated heterocycles. The van der Waals surface area contributed by atoms with Gasteiger partial charge < -0.3 is 4.90 Å². The molecule has 0 aromatic heterocycles. The van der Waals surface area contributed by atoms with E-state index in [0.29, 0.717) is 11.8 Å². The van der Waals surface area contributed by atoms with E-state index in [1.54, 1.807) is 0 Å². The van der Waals surface area contributed by atoms with E-state index in [0.717, 1.165) is 40.9 Å². The Balaban J connectivity index is 1.63. The first-order valence-electron chi connectivity index (χ1n) is 6.78. The van der Waals surface area contributed by atoms with Crippen molar-refractivity contribution in [2.45, 2.75) is 20.3 Å². The molecule has 4 saturated carbocycles. The summed E-state index contributed by atoms with van der Waals surface area (Å²) in [6.45, 7) is 4.79. The van der Waals surface area contributed by atoms with E-state index >= 15 is 0 Å². The van der Waals surface area contributed by atoms with Crippen LogP contribution in [0.3, 0.4) is 0 Å². The molecule has 4 fully saturated rings. The summed E-state index contributed by atoms with van der Waals surface area (Å²) in [4.78, 5) is 14.0. The Morgan fingerprint density at radius 3 is 2.19 bits per heavy atom. The summed E-state index contributed by atoms with van der Waals surface area (Å²) in [5, 5.41) is 0. The lowest BCUT2D eigenvalue weighted by molar-refractivity contribution is -0.488. The average Bonchev–Trinajstić information content (AvgIpc) is 2.24. The number of amides is 1. The molecule has 8 atom stereocenters. The van der Waals surface area contributed by atoms with Crippen LogP contribution in [0, 0.1) is 46.8 Å². The van der Waals surface area contributed by atoms with Crippen molar-refractivity contribution in [1.29, 1.82) is 0 Å². The second kappa shape index (κ2) is 2.34. The average molecular weight is 219 g/mol. The predicted octanol–water partition coefficient (Wildman–Crippen LogP) is 1.86. The fraction of sp³-hybridized carbons (Fsp3) is 0.929. The molecule has 4 aliphatic rings. The van der Waals surface area contributed by atoms with Gasteiger partial charge in [0.05, 0.1) is 0 Å². The lowest BCUT2D eigenvalue weighted by Crippen LogP contribution is -2.94. The Kier molecular flexibility index (Phi) is 1.39. The third-order valence-corrected chi connectivity index (χ3v) is 6.82. The normalized spacial score (nSPS) is 63.1. The van der Waals surface area contributed by atoms with Gasteiger partial charge >= 0.3 is 0 Å². The van der Waals surface area contributed by atoms with Crippen LogP contribution in [0.5, 0.6) is 0 Å². The van der Waals surface area contributed by atoms with Crippen molar-refractivity contribution in [1.82, 2.24) is 4.90 Å². The van der Waals surface area contributed by atoms with E-state index in [-0.39, 0.29) is 0 Å². The summed E-state index contributed by atoms with van der Waals surface area (Å²) in [6.07, 6.45) is 1.37. The van der Waals surface area contributed by atoms with E-state index in [9.17, 15) is 4.79 Å². The zero-order valence-electron chi connectivity index (χ0n) is 10.6. The Bertz CT molecular complexity index is 368. The molecule has 88 valence electrons. The minimum absolute atomic E-state index is 0.414. The summed E-state index contributed by atoms with van der Waals surface area (Å²) < 4.78 is 0. The highest BCUT2D eigenvalue weighted by Gasteiger charge is 2.93. The molecule has 4 rings (SSSR count). The second-order valence-electron chi connectivity index (χ2n) is 6.82. The van der Waals surface area contributed by atoms with Crippen LogP contribution in [0.4, 0.5) is 0 Å². The lowest BCUT2D eigenvalue weighted by atomic mass is 9.08. The van der Waals surface area contributed by atoms with E-state index in [2.05, 4.69) is 13.8 Å². The molecular formula is C14H21NO. The molecule has 0 N–H and O–H groups in total. The Morgan fingerprint density at radius 2 is 1.75 bits per heavy atom. The van der Waals surface area contributed by atoms with Gasteiger partial charge in [0.25, 0.3) is 0 Å². The van der Waals surface area contributed by atoms with Crippen LogP contribution in [0.15, 0.2) is 0 Å². The first-order valence-corrected chi connectivity index (χ1v) is 6.78. The van der Waals surface area contributed by atoms with Crippen molar-refractivity contribution in [3.8, 4) is 0 Å². The first-order chi connectivity index (χ1) is 7.57. The van der Waals surface area contributed by atoms with Crippen LogP contribution in [-0.2, 0) is 4.79 Å². The van der Waals surface area contributed by atoms with Gasteiger partial charge in [0.1, 0.15) is 0 Å². The van der Waals surface area contributed by atoms with Crippen LogP contribution in [0.2, 0.25) is 0 Å². The minimum atomic E-state index is 0.414. The third kappa shape index (κ3) is 0.573. The number of carbonyl (C=O) groups excluding carboxylic acids is 1. The highest BCUT2D eigenvalue weighted by atomic mass is 16.2. The number of nitrogens with zero attached hydrogens (tertiary/aromatic N) is 1. The molecule has 0 aromatic carbocycles. The number of fused-ring (bicyclic) bond motifs is 2. The van der Waals surface area contributed by atoms with Gasteiger partial charge in [-0.25, -0.2) is 0 Å². The van der Waals surface area contributed by atoms with Gasteiger partial charge in [0.15, 0.2) is 0 Å². The van der Waals surface area contributed by atoms with Gasteiger partial charge in [-0.05, 0) is 47.3 Å².